The number of nitrogens with zero attached hydrogens (tertiary/aromatic N) is 2. The Hall–Kier alpha value is -2.30. The minimum atomic E-state index is 0.370. The maximum atomic E-state index is 4.58. The van der Waals surface area contributed by atoms with Gasteiger partial charge in [-0.05, 0) is 31.4 Å². The molecule has 3 heterocycles. The lowest BCUT2D eigenvalue weighted by Crippen LogP contribution is -2.03. The molecule has 3 aromatic rings. The van der Waals surface area contributed by atoms with Crippen LogP contribution >= 0.6 is 0 Å². The summed E-state index contributed by atoms with van der Waals surface area (Å²) >= 11 is 0. The van der Waals surface area contributed by atoms with Crippen molar-refractivity contribution in [1.82, 2.24) is 24.9 Å². The van der Waals surface area contributed by atoms with Gasteiger partial charge in [-0.3, -0.25) is 0 Å². The van der Waals surface area contributed by atoms with Crippen molar-refractivity contribution in [3.63, 3.8) is 0 Å². The highest BCUT2D eigenvalue weighted by Crippen LogP contribution is 2.21. The number of imidazole rings is 2. The number of rotatable bonds is 7. The van der Waals surface area contributed by atoms with E-state index in [1.165, 1.54) is 17.1 Å². The standard InChI is InChI=1S/C18H25N5/c1-4-14-5-6-15(22-14)8-13(3)18-20-9-16(23-18)7-12(2)17-10-19-11-21-17/h5-6,9-13,22H,4,7-8H2,1-3H3,(H,19,21)(H,20,23). The summed E-state index contributed by atoms with van der Waals surface area (Å²) in [6.07, 6.45) is 8.54. The number of nitrogens with one attached hydrogen (secondary N) is 3. The molecule has 0 aromatic carbocycles. The van der Waals surface area contributed by atoms with E-state index in [0.717, 1.165) is 30.8 Å². The third-order valence-electron chi connectivity index (χ3n) is 4.41. The van der Waals surface area contributed by atoms with Crippen LogP contribution in [0.25, 0.3) is 0 Å². The molecule has 5 heteroatoms. The molecule has 0 saturated heterocycles. The fourth-order valence-corrected chi connectivity index (χ4v) is 2.95. The van der Waals surface area contributed by atoms with E-state index in [1.54, 1.807) is 6.33 Å². The highest BCUT2D eigenvalue weighted by Gasteiger charge is 2.14. The zero-order valence-corrected chi connectivity index (χ0v) is 14.1. The Morgan fingerprint density at radius 3 is 2.43 bits per heavy atom. The second-order valence-electron chi connectivity index (χ2n) is 6.37. The van der Waals surface area contributed by atoms with Crippen molar-refractivity contribution in [1.29, 1.82) is 0 Å². The Labute approximate surface area is 137 Å². The molecular formula is C18H25N5. The molecule has 0 bridgehead atoms. The smallest absolute Gasteiger partial charge is 0.109 e. The number of hydrogen-bond donors (Lipinski definition) is 3. The van der Waals surface area contributed by atoms with Crippen LogP contribution in [0.5, 0.6) is 0 Å². The van der Waals surface area contributed by atoms with Crippen LogP contribution in [0.4, 0.5) is 0 Å². The molecule has 0 aliphatic rings. The quantitative estimate of drug-likeness (QED) is 0.622. The second-order valence-corrected chi connectivity index (χ2v) is 6.37. The summed E-state index contributed by atoms with van der Waals surface area (Å²) in [5.74, 6) is 1.83. The average molecular weight is 311 g/mol. The molecule has 0 amide bonds. The minimum Gasteiger partial charge on any atom is -0.362 e. The molecule has 2 unspecified atom stereocenters. The summed E-state index contributed by atoms with van der Waals surface area (Å²) in [5, 5.41) is 0. The zero-order valence-electron chi connectivity index (χ0n) is 14.1. The van der Waals surface area contributed by atoms with Gasteiger partial charge in [0.25, 0.3) is 0 Å². The monoisotopic (exact) mass is 311 g/mol. The highest BCUT2D eigenvalue weighted by atomic mass is 14.9. The Bertz CT molecular complexity index is 722. The van der Waals surface area contributed by atoms with Gasteiger partial charge in [-0.2, -0.15) is 0 Å². The van der Waals surface area contributed by atoms with Crippen LogP contribution in [0.3, 0.4) is 0 Å². The Balaban J connectivity index is 1.61. The van der Waals surface area contributed by atoms with E-state index >= 15 is 0 Å². The molecule has 3 N–H and O–H groups in total. The largest absolute Gasteiger partial charge is 0.362 e. The Kier molecular flexibility index (Phi) is 4.65. The molecule has 0 aliphatic heterocycles. The van der Waals surface area contributed by atoms with Crippen LogP contribution in [0.15, 0.2) is 30.9 Å². The van der Waals surface area contributed by atoms with Crippen LogP contribution in [-0.2, 0) is 19.3 Å². The minimum absolute atomic E-state index is 0.370. The summed E-state index contributed by atoms with van der Waals surface area (Å²) in [6.45, 7) is 6.58. The summed E-state index contributed by atoms with van der Waals surface area (Å²) in [4.78, 5) is 18.8. The van der Waals surface area contributed by atoms with Gasteiger partial charge in [0.15, 0.2) is 0 Å². The molecule has 0 radical (unpaired) electrons. The van der Waals surface area contributed by atoms with Gasteiger partial charge in [0.1, 0.15) is 5.82 Å². The molecule has 23 heavy (non-hydrogen) atoms. The molecule has 2 atom stereocenters. The van der Waals surface area contributed by atoms with Gasteiger partial charge in [0, 0.05) is 47.0 Å². The number of aryl methyl sites for hydroxylation is 1. The van der Waals surface area contributed by atoms with Gasteiger partial charge < -0.3 is 15.0 Å². The Morgan fingerprint density at radius 1 is 0.957 bits per heavy atom. The number of aromatic nitrogens is 5. The molecule has 3 rings (SSSR count). The fraction of sp³-hybridized carbons (Fsp3) is 0.444. The number of H-pyrrole nitrogens is 3. The zero-order chi connectivity index (χ0) is 16.2. The van der Waals surface area contributed by atoms with Gasteiger partial charge in [0.05, 0.1) is 6.33 Å². The molecule has 5 nitrogen and oxygen atoms in total. The molecule has 3 aromatic heterocycles. The van der Waals surface area contributed by atoms with Crippen molar-refractivity contribution in [2.75, 3.05) is 0 Å². The van der Waals surface area contributed by atoms with Gasteiger partial charge in [0.2, 0.25) is 0 Å². The van der Waals surface area contributed by atoms with Crippen molar-refractivity contribution in [2.24, 2.45) is 0 Å². The molecular weight excluding hydrogens is 286 g/mol. The first-order chi connectivity index (χ1) is 11.2. The van der Waals surface area contributed by atoms with Crippen molar-refractivity contribution < 1.29 is 0 Å². The highest BCUT2D eigenvalue weighted by molar-refractivity contribution is 5.17. The van der Waals surface area contributed by atoms with E-state index in [4.69, 9.17) is 0 Å². The SMILES string of the molecule is CCc1ccc(CC(C)c2ncc(CC(C)c3cnc[nH]3)[nH]2)[nH]1. The van der Waals surface area contributed by atoms with E-state index in [2.05, 4.69) is 57.8 Å². The molecule has 0 fully saturated rings. The average Bonchev–Trinajstić information content (AvgIpc) is 3.28. The van der Waals surface area contributed by atoms with E-state index in [1.807, 2.05) is 12.4 Å². The maximum absolute atomic E-state index is 4.58. The van der Waals surface area contributed by atoms with Crippen LogP contribution in [0.2, 0.25) is 0 Å². The van der Waals surface area contributed by atoms with Crippen LogP contribution in [0.1, 0.15) is 61.2 Å². The van der Waals surface area contributed by atoms with Gasteiger partial charge >= 0.3 is 0 Å². The van der Waals surface area contributed by atoms with Crippen molar-refractivity contribution in [3.8, 4) is 0 Å². The lowest BCUT2D eigenvalue weighted by molar-refractivity contribution is 0.685. The summed E-state index contributed by atoms with van der Waals surface area (Å²) in [6, 6.07) is 4.35. The summed E-state index contributed by atoms with van der Waals surface area (Å²) < 4.78 is 0. The third-order valence-corrected chi connectivity index (χ3v) is 4.41. The summed E-state index contributed by atoms with van der Waals surface area (Å²) in [5.41, 5.74) is 4.90. The molecule has 122 valence electrons. The van der Waals surface area contributed by atoms with Crippen molar-refractivity contribution >= 4 is 0 Å². The van der Waals surface area contributed by atoms with Gasteiger partial charge in [-0.15, -0.1) is 0 Å². The van der Waals surface area contributed by atoms with Gasteiger partial charge in [-0.25, -0.2) is 9.97 Å². The van der Waals surface area contributed by atoms with Crippen LogP contribution in [0, 0.1) is 0 Å². The predicted octanol–water partition coefficient (Wildman–Crippen LogP) is 3.72. The molecule has 0 saturated carbocycles. The first kappa shape index (κ1) is 15.6. The summed E-state index contributed by atoms with van der Waals surface area (Å²) in [7, 11) is 0. The Morgan fingerprint density at radius 2 is 1.74 bits per heavy atom. The van der Waals surface area contributed by atoms with E-state index in [9.17, 15) is 0 Å². The predicted molar refractivity (Wildman–Crippen MR) is 91.6 cm³/mol. The normalized spacial score (nSPS) is 14.0. The topological polar surface area (TPSA) is 73.2 Å². The molecule has 0 spiro atoms. The lowest BCUT2D eigenvalue weighted by atomic mass is 10.0. The van der Waals surface area contributed by atoms with E-state index in [-0.39, 0.29) is 0 Å². The fourth-order valence-electron chi connectivity index (χ4n) is 2.95. The van der Waals surface area contributed by atoms with Gasteiger partial charge in [-0.1, -0.05) is 20.8 Å². The molecule has 0 aliphatic carbocycles. The van der Waals surface area contributed by atoms with E-state index < -0.39 is 0 Å². The first-order valence-electron chi connectivity index (χ1n) is 8.34. The second kappa shape index (κ2) is 6.86. The van der Waals surface area contributed by atoms with Crippen molar-refractivity contribution in [2.45, 2.75) is 51.9 Å². The van der Waals surface area contributed by atoms with Crippen LogP contribution in [-0.4, -0.2) is 24.9 Å². The third kappa shape index (κ3) is 3.73. The van der Waals surface area contributed by atoms with E-state index in [0.29, 0.717) is 11.8 Å². The van der Waals surface area contributed by atoms with Crippen LogP contribution < -0.4 is 0 Å². The first-order valence-corrected chi connectivity index (χ1v) is 8.34. The number of hydrogen-bond acceptors (Lipinski definition) is 2. The van der Waals surface area contributed by atoms with Crippen molar-refractivity contribution in [3.05, 3.63) is 59.5 Å². The number of aromatic amines is 3. The lowest BCUT2D eigenvalue weighted by Gasteiger charge is -2.09. The maximum Gasteiger partial charge on any atom is 0.109 e.